The highest BCUT2D eigenvalue weighted by Crippen LogP contribution is 2.34. The lowest BCUT2D eigenvalue weighted by Gasteiger charge is -2.27. The van der Waals surface area contributed by atoms with Crippen molar-refractivity contribution in [1.82, 2.24) is 0 Å². The molecule has 126 valence electrons. The average molecular weight is 353 g/mol. The number of hydrogen-bond acceptors (Lipinski definition) is 5. The third kappa shape index (κ3) is 4.14. The van der Waals surface area contributed by atoms with Crippen LogP contribution < -0.4 is 0 Å². The Morgan fingerprint density at radius 3 is 2.43 bits per heavy atom. The molecule has 1 fully saturated rings. The first-order valence-corrected chi connectivity index (χ1v) is 10.2. The second-order valence-electron chi connectivity index (χ2n) is 6.06. The molecule has 0 unspecified atom stereocenters. The van der Waals surface area contributed by atoms with Crippen LogP contribution in [0.1, 0.15) is 60.5 Å². The van der Waals surface area contributed by atoms with Gasteiger partial charge in [-0.1, -0.05) is 13.3 Å². The highest BCUT2D eigenvalue weighted by atomic mass is 32.1. The molecule has 3 nitrogen and oxygen atoms in total. The fourth-order valence-electron chi connectivity index (χ4n) is 3.12. The van der Waals surface area contributed by atoms with Gasteiger partial charge < -0.3 is 9.47 Å². The van der Waals surface area contributed by atoms with E-state index >= 15 is 0 Å². The molecule has 0 aliphatic heterocycles. The largest absolute Gasteiger partial charge is 0.458 e. The Morgan fingerprint density at radius 1 is 1.09 bits per heavy atom. The SMILES string of the molecule is CCCc1cc2sc(C(=O)O[C@H]3CC[C@H](OCC)CC3)cc2s1. The van der Waals surface area contributed by atoms with Crippen LogP contribution in [0.5, 0.6) is 0 Å². The molecule has 1 aliphatic rings. The van der Waals surface area contributed by atoms with Gasteiger partial charge in [0.2, 0.25) is 0 Å². The van der Waals surface area contributed by atoms with Gasteiger partial charge in [-0.05, 0) is 51.2 Å². The van der Waals surface area contributed by atoms with Gasteiger partial charge in [0.1, 0.15) is 11.0 Å². The van der Waals surface area contributed by atoms with Crippen LogP contribution in [-0.2, 0) is 15.9 Å². The summed E-state index contributed by atoms with van der Waals surface area (Å²) in [7, 11) is 0. The molecule has 2 aromatic rings. The van der Waals surface area contributed by atoms with Crippen LogP contribution in [0.15, 0.2) is 12.1 Å². The molecule has 0 radical (unpaired) electrons. The van der Waals surface area contributed by atoms with E-state index in [1.54, 1.807) is 22.7 Å². The van der Waals surface area contributed by atoms with Crippen molar-refractivity contribution in [1.29, 1.82) is 0 Å². The first kappa shape index (κ1) is 16.9. The van der Waals surface area contributed by atoms with Crippen LogP contribution >= 0.6 is 22.7 Å². The highest BCUT2D eigenvalue weighted by Gasteiger charge is 2.25. The Morgan fingerprint density at radius 2 is 1.78 bits per heavy atom. The molecule has 0 spiro atoms. The van der Waals surface area contributed by atoms with Crippen molar-refractivity contribution >= 4 is 38.0 Å². The number of carbonyl (C=O) groups excluding carboxylic acids is 1. The molecule has 1 aliphatic carbocycles. The molecule has 1 saturated carbocycles. The molecule has 0 saturated heterocycles. The first-order valence-electron chi connectivity index (χ1n) is 8.54. The van der Waals surface area contributed by atoms with Gasteiger partial charge in [0, 0.05) is 20.9 Å². The maximum Gasteiger partial charge on any atom is 0.348 e. The van der Waals surface area contributed by atoms with Crippen LogP contribution in [-0.4, -0.2) is 24.8 Å². The van der Waals surface area contributed by atoms with Crippen LogP contribution in [0.3, 0.4) is 0 Å². The zero-order valence-corrected chi connectivity index (χ0v) is 15.4. The number of thiophene rings is 2. The molecule has 0 aromatic carbocycles. The highest BCUT2D eigenvalue weighted by molar-refractivity contribution is 7.28. The minimum atomic E-state index is -0.157. The second kappa shape index (κ2) is 7.77. The second-order valence-corrected chi connectivity index (χ2v) is 8.31. The van der Waals surface area contributed by atoms with Gasteiger partial charge in [0.05, 0.1) is 6.10 Å². The lowest BCUT2D eigenvalue weighted by atomic mass is 9.95. The fourth-order valence-corrected chi connectivity index (χ4v) is 5.52. The van der Waals surface area contributed by atoms with E-state index in [1.165, 1.54) is 14.3 Å². The smallest absolute Gasteiger partial charge is 0.348 e. The van der Waals surface area contributed by atoms with Crippen molar-refractivity contribution in [2.75, 3.05) is 6.61 Å². The van der Waals surface area contributed by atoms with Gasteiger partial charge >= 0.3 is 5.97 Å². The summed E-state index contributed by atoms with van der Waals surface area (Å²) in [6, 6.07) is 4.22. The van der Waals surface area contributed by atoms with Crippen molar-refractivity contribution in [2.45, 2.75) is 64.6 Å². The number of hydrogen-bond donors (Lipinski definition) is 0. The van der Waals surface area contributed by atoms with Gasteiger partial charge in [-0.25, -0.2) is 4.79 Å². The average Bonchev–Trinajstić information content (AvgIpc) is 3.08. The Bertz CT molecular complexity index is 619. The van der Waals surface area contributed by atoms with Gasteiger partial charge in [0.25, 0.3) is 0 Å². The van der Waals surface area contributed by atoms with E-state index in [2.05, 4.69) is 13.0 Å². The predicted molar refractivity (Wildman–Crippen MR) is 96.8 cm³/mol. The molecule has 0 atom stereocenters. The van der Waals surface area contributed by atoms with E-state index in [4.69, 9.17) is 9.47 Å². The third-order valence-electron chi connectivity index (χ3n) is 4.25. The van der Waals surface area contributed by atoms with Gasteiger partial charge in [-0.3, -0.25) is 0 Å². The summed E-state index contributed by atoms with van der Waals surface area (Å²) in [5.41, 5.74) is 0. The third-order valence-corrected chi connectivity index (χ3v) is 6.59. The molecular formula is C18H24O3S2. The summed E-state index contributed by atoms with van der Waals surface area (Å²) in [5, 5.41) is 0. The number of esters is 1. The van der Waals surface area contributed by atoms with Crippen LogP contribution in [0, 0.1) is 0 Å². The zero-order chi connectivity index (χ0) is 16.2. The summed E-state index contributed by atoms with van der Waals surface area (Å²) in [5.74, 6) is -0.157. The molecule has 0 bridgehead atoms. The van der Waals surface area contributed by atoms with Crippen molar-refractivity contribution in [2.24, 2.45) is 0 Å². The molecule has 23 heavy (non-hydrogen) atoms. The summed E-state index contributed by atoms with van der Waals surface area (Å²) < 4.78 is 13.8. The maximum atomic E-state index is 12.4. The topological polar surface area (TPSA) is 35.5 Å². The maximum absolute atomic E-state index is 12.4. The normalized spacial score (nSPS) is 21.7. The molecule has 2 aromatic heterocycles. The van der Waals surface area contributed by atoms with Crippen molar-refractivity contribution in [3.05, 3.63) is 21.9 Å². The van der Waals surface area contributed by atoms with E-state index in [1.807, 2.05) is 13.0 Å². The van der Waals surface area contributed by atoms with E-state index in [0.29, 0.717) is 6.10 Å². The van der Waals surface area contributed by atoms with E-state index in [0.717, 1.165) is 50.0 Å². The molecule has 0 amide bonds. The summed E-state index contributed by atoms with van der Waals surface area (Å²) >= 11 is 3.36. The Balaban J connectivity index is 1.57. The van der Waals surface area contributed by atoms with E-state index in [9.17, 15) is 4.79 Å². The molecule has 3 rings (SSSR count). The lowest BCUT2D eigenvalue weighted by Crippen LogP contribution is -2.28. The van der Waals surface area contributed by atoms with Crippen LogP contribution in [0.25, 0.3) is 9.40 Å². The number of rotatable bonds is 6. The predicted octanol–water partition coefficient (Wildman–Crippen LogP) is 5.42. The van der Waals surface area contributed by atoms with E-state index in [-0.39, 0.29) is 12.1 Å². The van der Waals surface area contributed by atoms with E-state index < -0.39 is 0 Å². The van der Waals surface area contributed by atoms with Gasteiger partial charge in [0.15, 0.2) is 0 Å². The van der Waals surface area contributed by atoms with Crippen molar-refractivity contribution in [3.8, 4) is 0 Å². The van der Waals surface area contributed by atoms with Crippen molar-refractivity contribution in [3.63, 3.8) is 0 Å². The minimum Gasteiger partial charge on any atom is -0.458 e. The Kier molecular flexibility index (Phi) is 5.72. The number of ether oxygens (including phenoxy) is 2. The summed E-state index contributed by atoms with van der Waals surface area (Å²) in [4.78, 5) is 14.5. The first-order chi connectivity index (χ1) is 11.2. The van der Waals surface area contributed by atoms with Gasteiger partial charge in [-0.2, -0.15) is 0 Å². The van der Waals surface area contributed by atoms with Crippen LogP contribution in [0.4, 0.5) is 0 Å². The van der Waals surface area contributed by atoms with Gasteiger partial charge in [-0.15, -0.1) is 22.7 Å². The molecule has 2 heterocycles. The van der Waals surface area contributed by atoms with Crippen molar-refractivity contribution < 1.29 is 14.3 Å². The lowest BCUT2D eigenvalue weighted by molar-refractivity contribution is -0.0160. The number of carbonyl (C=O) groups is 1. The standard InChI is InChI=1S/C18H24O3S2/c1-3-5-14-10-15-16(22-14)11-17(23-15)18(19)21-13-8-6-12(7-9-13)20-4-2/h10-13H,3-9H2,1-2H3/t12-,13-. The Labute approximate surface area is 145 Å². The molecular weight excluding hydrogens is 328 g/mol. The number of aryl methyl sites for hydroxylation is 1. The Hall–Kier alpha value is -0.910. The molecule has 5 heteroatoms. The fraction of sp³-hybridized carbons (Fsp3) is 0.611. The number of fused-ring (bicyclic) bond motifs is 1. The minimum absolute atomic E-state index is 0.0509. The quantitative estimate of drug-likeness (QED) is 0.651. The summed E-state index contributed by atoms with van der Waals surface area (Å²) in [6.07, 6.45) is 6.49. The zero-order valence-electron chi connectivity index (χ0n) is 13.8. The summed E-state index contributed by atoms with van der Waals surface area (Å²) in [6.45, 7) is 4.98. The van der Waals surface area contributed by atoms with Crippen LogP contribution in [0.2, 0.25) is 0 Å². The monoisotopic (exact) mass is 352 g/mol. The molecule has 0 N–H and O–H groups in total.